The molecule has 1 N–H and O–H groups in total. The highest BCUT2D eigenvalue weighted by molar-refractivity contribution is 7.15. The fourth-order valence-electron chi connectivity index (χ4n) is 2.38. The molecule has 0 amide bonds. The van der Waals surface area contributed by atoms with Crippen molar-refractivity contribution >= 4 is 16.5 Å². The van der Waals surface area contributed by atoms with E-state index in [4.69, 9.17) is 4.98 Å². The van der Waals surface area contributed by atoms with Crippen LogP contribution in [0.25, 0.3) is 0 Å². The minimum atomic E-state index is 0.117. The molecule has 0 bridgehead atoms. The van der Waals surface area contributed by atoms with Crippen LogP contribution in [0.4, 0.5) is 5.13 Å². The molecular weight excluding hydrogens is 244 g/mol. The Morgan fingerprint density at radius 3 is 2.56 bits per heavy atom. The maximum atomic E-state index is 9.43. The van der Waals surface area contributed by atoms with Crippen LogP contribution in [0.2, 0.25) is 0 Å². The summed E-state index contributed by atoms with van der Waals surface area (Å²) in [7, 11) is 0. The van der Waals surface area contributed by atoms with Gasteiger partial charge < -0.3 is 10.0 Å². The van der Waals surface area contributed by atoms with Crippen LogP contribution < -0.4 is 4.90 Å². The van der Waals surface area contributed by atoms with E-state index in [1.165, 1.54) is 19.3 Å². The molecule has 1 fully saturated rings. The van der Waals surface area contributed by atoms with E-state index >= 15 is 0 Å². The Bertz CT molecular complexity index is 385. The molecule has 2 rings (SSSR count). The van der Waals surface area contributed by atoms with Crippen molar-refractivity contribution < 1.29 is 5.11 Å². The zero-order valence-electron chi connectivity index (χ0n) is 11.6. The summed E-state index contributed by atoms with van der Waals surface area (Å²) >= 11 is 1.66. The molecule has 18 heavy (non-hydrogen) atoms. The van der Waals surface area contributed by atoms with E-state index in [9.17, 15) is 5.11 Å². The van der Waals surface area contributed by atoms with Crippen LogP contribution in [0.5, 0.6) is 0 Å². The number of hydrogen-bond donors (Lipinski definition) is 1. The zero-order valence-corrected chi connectivity index (χ0v) is 12.5. The van der Waals surface area contributed by atoms with E-state index in [1.807, 2.05) is 0 Å². The summed E-state index contributed by atoms with van der Waals surface area (Å²) < 4.78 is 0. The number of aromatic nitrogens is 1. The number of aliphatic hydroxyl groups excluding tert-OH is 1. The molecule has 0 saturated heterocycles. The van der Waals surface area contributed by atoms with Crippen LogP contribution in [0, 0.1) is 5.92 Å². The van der Waals surface area contributed by atoms with Crippen molar-refractivity contribution in [1.82, 2.24) is 4.98 Å². The van der Waals surface area contributed by atoms with Gasteiger partial charge in [-0.1, -0.05) is 31.6 Å². The predicted octanol–water partition coefficient (Wildman–Crippen LogP) is 3.39. The van der Waals surface area contributed by atoms with Gasteiger partial charge in [0.05, 0.1) is 17.2 Å². The summed E-state index contributed by atoms with van der Waals surface area (Å²) in [5, 5.41) is 10.5. The summed E-state index contributed by atoms with van der Waals surface area (Å²) in [6.45, 7) is 8.72. The minimum Gasteiger partial charge on any atom is -0.391 e. The van der Waals surface area contributed by atoms with E-state index in [0.717, 1.165) is 34.7 Å². The van der Waals surface area contributed by atoms with Gasteiger partial charge in [-0.2, -0.15) is 0 Å². The molecule has 0 radical (unpaired) electrons. The van der Waals surface area contributed by atoms with Crippen LogP contribution in [0.1, 0.15) is 56.5 Å². The smallest absolute Gasteiger partial charge is 0.185 e. The Labute approximate surface area is 114 Å². The van der Waals surface area contributed by atoms with E-state index in [0.29, 0.717) is 5.92 Å². The first-order valence-electron chi connectivity index (χ1n) is 7.01. The molecular formula is C14H24N2OS. The molecule has 0 aromatic carbocycles. The summed E-state index contributed by atoms with van der Waals surface area (Å²) in [6.07, 6.45) is 4.12. The first-order chi connectivity index (χ1) is 8.65. The van der Waals surface area contributed by atoms with Crippen molar-refractivity contribution in [3.05, 3.63) is 10.6 Å². The highest BCUT2D eigenvalue weighted by Crippen LogP contribution is 2.33. The molecule has 0 unspecified atom stereocenters. The van der Waals surface area contributed by atoms with Gasteiger partial charge in [0.25, 0.3) is 0 Å². The third-order valence-electron chi connectivity index (χ3n) is 3.76. The lowest BCUT2D eigenvalue weighted by atomic mass is 9.85. The summed E-state index contributed by atoms with van der Waals surface area (Å²) in [4.78, 5) is 8.16. The topological polar surface area (TPSA) is 36.4 Å². The lowest BCUT2D eigenvalue weighted by Crippen LogP contribution is -2.32. The van der Waals surface area contributed by atoms with E-state index in [-0.39, 0.29) is 6.61 Å². The fourth-order valence-corrected chi connectivity index (χ4v) is 3.53. The lowest BCUT2D eigenvalue weighted by molar-refractivity contribution is 0.283. The van der Waals surface area contributed by atoms with Crippen molar-refractivity contribution in [2.75, 3.05) is 18.0 Å². The molecule has 0 spiro atoms. The molecule has 1 aromatic rings. The van der Waals surface area contributed by atoms with Crippen molar-refractivity contribution in [3.63, 3.8) is 0 Å². The monoisotopic (exact) mass is 268 g/mol. The Kier molecular flexibility index (Phi) is 4.62. The van der Waals surface area contributed by atoms with Gasteiger partial charge in [0, 0.05) is 13.1 Å². The van der Waals surface area contributed by atoms with Crippen LogP contribution in [0.3, 0.4) is 0 Å². The summed E-state index contributed by atoms with van der Waals surface area (Å²) in [6, 6.07) is 0. The van der Waals surface area contributed by atoms with Crippen LogP contribution >= 0.6 is 11.3 Å². The maximum Gasteiger partial charge on any atom is 0.185 e. The molecule has 4 heteroatoms. The minimum absolute atomic E-state index is 0.117. The quantitative estimate of drug-likeness (QED) is 0.859. The molecule has 1 saturated carbocycles. The normalized spacial score (nSPS) is 16.1. The first-order valence-corrected chi connectivity index (χ1v) is 7.82. The van der Waals surface area contributed by atoms with Gasteiger partial charge in [-0.05, 0) is 31.6 Å². The zero-order chi connectivity index (χ0) is 13.1. The molecule has 1 aliphatic rings. The third-order valence-corrected chi connectivity index (χ3v) is 4.88. The Morgan fingerprint density at radius 2 is 2.17 bits per heavy atom. The molecule has 1 heterocycles. The third kappa shape index (κ3) is 2.86. The Balaban J connectivity index is 2.13. The van der Waals surface area contributed by atoms with E-state index < -0.39 is 0 Å². The second-order valence-electron chi connectivity index (χ2n) is 5.45. The number of anilines is 1. The average Bonchev–Trinajstić information content (AvgIpc) is 2.72. The second-order valence-corrected chi connectivity index (χ2v) is 6.52. The SMILES string of the molecule is CCN(CC1CCC1)c1nc(C(C)C)c(CO)s1. The second kappa shape index (κ2) is 6.02. The molecule has 0 aliphatic heterocycles. The van der Waals surface area contributed by atoms with Gasteiger partial charge in [0.1, 0.15) is 0 Å². The van der Waals surface area contributed by atoms with Gasteiger partial charge >= 0.3 is 0 Å². The highest BCUT2D eigenvalue weighted by atomic mass is 32.1. The number of thiazole rings is 1. The van der Waals surface area contributed by atoms with Crippen LogP contribution in [-0.4, -0.2) is 23.2 Å². The highest BCUT2D eigenvalue weighted by Gasteiger charge is 2.23. The van der Waals surface area contributed by atoms with Gasteiger partial charge in [0.2, 0.25) is 0 Å². The lowest BCUT2D eigenvalue weighted by Gasteiger charge is -2.31. The first kappa shape index (κ1) is 13.8. The Morgan fingerprint density at radius 1 is 1.44 bits per heavy atom. The van der Waals surface area contributed by atoms with Gasteiger partial charge in [-0.15, -0.1) is 0 Å². The van der Waals surface area contributed by atoms with Gasteiger partial charge in [-0.3, -0.25) is 0 Å². The average molecular weight is 268 g/mol. The molecule has 1 aromatic heterocycles. The van der Waals surface area contributed by atoms with Crippen molar-refractivity contribution in [2.24, 2.45) is 5.92 Å². The number of hydrogen-bond acceptors (Lipinski definition) is 4. The number of aliphatic hydroxyl groups is 1. The molecule has 102 valence electrons. The summed E-state index contributed by atoms with van der Waals surface area (Å²) in [5.74, 6) is 1.24. The van der Waals surface area contributed by atoms with Crippen molar-refractivity contribution in [2.45, 2.75) is 52.6 Å². The van der Waals surface area contributed by atoms with Crippen molar-refractivity contribution in [1.29, 1.82) is 0 Å². The summed E-state index contributed by atoms with van der Waals surface area (Å²) in [5.41, 5.74) is 1.07. The fraction of sp³-hybridized carbons (Fsp3) is 0.786. The predicted molar refractivity (Wildman–Crippen MR) is 77.4 cm³/mol. The van der Waals surface area contributed by atoms with E-state index in [1.54, 1.807) is 11.3 Å². The standard InChI is InChI=1S/C14H24N2OS/c1-4-16(8-11-6-5-7-11)14-15-13(10(2)3)12(9-17)18-14/h10-11,17H,4-9H2,1-3H3. The van der Waals surface area contributed by atoms with Crippen LogP contribution in [0.15, 0.2) is 0 Å². The van der Waals surface area contributed by atoms with Gasteiger partial charge in [0.15, 0.2) is 5.13 Å². The largest absolute Gasteiger partial charge is 0.391 e. The van der Waals surface area contributed by atoms with Crippen molar-refractivity contribution in [3.8, 4) is 0 Å². The molecule has 1 aliphatic carbocycles. The molecule has 3 nitrogen and oxygen atoms in total. The number of rotatable bonds is 6. The molecule has 0 atom stereocenters. The Hall–Kier alpha value is -0.610. The van der Waals surface area contributed by atoms with Gasteiger partial charge in [-0.25, -0.2) is 4.98 Å². The van der Waals surface area contributed by atoms with E-state index in [2.05, 4.69) is 25.7 Å². The number of nitrogens with zero attached hydrogens (tertiary/aromatic N) is 2. The maximum absolute atomic E-state index is 9.43. The van der Waals surface area contributed by atoms with Crippen LogP contribution in [-0.2, 0) is 6.61 Å².